The minimum absolute atomic E-state index is 0. The summed E-state index contributed by atoms with van der Waals surface area (Å²) in [6, 6.07) is 0. The molecule has 1 nitrogen and oxygen atoms in total. The molecule has 0 aliphatic carbocycles. The maximum Gasteiger partial charge on any atom is 0.0786 e. The van der Waals surface area contributed by atoms with E-state index in [1.807, 2.05) is 0 Å². The Hall–Kier alpha value is 0.250. The fourth-order valence-electron chi connectivity index (χ4n) is 5.58. The largest absolute Gasteiger partial charge is 1.00 e. The van der Waals surface area contributed by atoms with Crippen LogP contribution in [-0.4, -0.2) is 30.7 Å². The van der Waals surface area contributed by atoms with Gasteiger partial charge >= 0.3 is 0 Å². The molecule has 0 aromatic rings. The lowest BCUT2D eigenvalue weighted by Gasteiger charge is -2.39. The van der Waals surface area contributed by atoms with Crippen LogP contribution in [0, 0.1) is 0 Å². The Balaban J connectivity index is 0. The lowest BCUT2D eigenvalue weighted by Crippen LogP contribution is -3.00. The number of hydrogen-bond acceptors (Lipinski definition) is 0. The van der Waals surface area contributed by atoms with Crippen molar-refractivity contribution < 1.29 is 16.9 Å². The smallest absolute Gasteiger partial charge is 0.0786 e. The fourth-order valence-corrected chi connectivity index (χ4v) is 5.58. The topological polar surface area (TPSA) is 0 Å². The molecule has 0 spiro atoms. The van der Waals surface area contributed by atoms with Gasteiger partial charge in [0.15, 0.2) is 0 Å². The van der Waals surface area contributed by atoms with E-state index in [4.69, 9.17) is 0 Å². The van der Waals surface area contributed by atoms with Crippen LogP contribution in [0.2, 0.25) is 0 Å². The molecule has 2 heteroatoms. The monoisotopic (exact) mass is 502 g/mol. The zero-order chi connectivity index (χ0) is 24.3. The fraction of sp³-hybridized carbons (Fsp3) is 1.00. The summed E-state index contributed by atoms with van der Waals surface area (Å²) in [7, 11) is 0. The molecule has 0 aromatic carbocycles. The van der Waals surface area contributed by atoms with Gasteiger partial charge in [-0.2, -0.15) is 0 Å². The quantitative estimate of drug-likeness (QED) is 0.0747. The first kappa shape index (κ1) is 36.4. The van der Waals surface area contributed by atoms with Crippen LogP contribution in [0.1, 0.15) is 182 Å². The van der Waals surface area contributed by atoms with Crippen molar-refractivity contribution in [1.82, 2.24) is 0 Å². The molecule has 0 aromatic heterocycles. The second-order valence-electron chi connectivity index (χ2n) is 11.3. The van der Waals surface area contributed by atoms with Crippen LogP contribution in [0.15, 0.2) is 0 Å². The number of quaternary nitrogens is 1. The minimum atomic E-state index is 0. The highest BCUT2D eigenvalue weighted by Crippen LogP contribution is 2.20. The molecule has 0 aliphatic heterocycles. The summed E-state index contributed by atoms with van der Waals surface area (Å²) in [4.78, 5) is 0. The molecule has 0 unspecified atom stereocenters. The third-order valence-corrected chi connectivity index (χ3v) is 7.94. The molecule has 0 radical (unpaired) electrons. The van der Waals surface area contributed by atoms with Crippen LogP contribution in [0.4, 0.5) is 0 Å². The van der Waals surface area contributed by atoms with Crippen molar-refractivity contribution in [3.63, 3.8) is 0 Å². The molecule has 0 heterocycles. The van der Waals surface area contributed by atoms with E-state index in [0.29, 0.717) is 0 Å². The number of hydrogen-bond donors (Lipinski definition) is 0. The van der Waals surface area contributed by atoms with Gasteiger partial charge in [-0.1, -0.05) is 130 Å². The number of nitrogens with zero attached hydrogens (tertiary/aromatic N) is 1. The molecule has 0 amide bonds. The van der Waals surface area contributed by atoms with E-state index in [-0.39, 0.29) is 12.4 Å². The van der Waals surface area contributed by atoms with Crippen LogP contribution >= 0.6 is 0 Å². The van der Waals surface area contributed by atoms with E-state index in [1.165, 1.54) is 185 Å². The van der Waals surface area contributed by atoms with Crippen molar-refractivity contribution >= 4 is 0 Å². The second-order valence-corrected chi connectivity index (χ2v) is 11.3. The van der Waals surface area contributed by atoms with Crippen LogP contribution < -0.4 is 12.4 Å². The van der Waals surface area contributed by atoms with Gasteiger partial charge < -0.3 is 16.9 Å². The summed E-state index contributed by atoms with van der Waals surface area (Å²) in [5, 5.41) is 0. The summed E-state index contributed by atoms with van der Waals surface area (Å²) in [6.07, 6.45) is 34.8. The molecule has 0 N–H and O–H groups in total. The van der Waals surface area contributed by atoms with Crippen molar-refractivity contribution in [3.05, 3.63) is 0 Å². The van der Waals surface area contributed by atoms with Gasteiger partial charge in [0.2, 0.25) is 0 Å². The first-order chi connectivity index (χ1) is 16.2. The van der Waals surface area contributed by atoms with Gasteiger partial charge in [0.05, 0.1) is 26.2 Å². The first-order valence-electron chi connectivity index (χ1n) is 16.1. The van der Waals surface area contributed by atoms with Crippen molar-refractivity contribution in [2.24, 2.45) is 0 Å². The number of halogens is 1. The van der Waals surface area contributed by atoms with Crippen molar-refractivity contribution in [2.45, 2.75) is 182 Å². The molecule has 0 aliphatic rings. The molecular formula is C32H68ClN. The Kier molecular flexibility index (Phi) is 31.6. The van der Waals surface area contributed by atoms with Gasteiger partial charge in [-0.15, -0.1) is 0 Å². The first-order valence-corrected chi connectivity index (χ1v) is 16.1. The predicted molar refractivity (Wildman–Crippen MR) is 153 cm³/mol. The lowest BCUT2D eigenvalue weighted by molar-refractivity contribution is -0.929. The van der Waals surface area contributed by atoms with Gasteiger partial charge in [-0.05, 0) is 51.4 Å². The summed E-state index contributed by atoms with van der Waals surface area (Å²) in [5.74, 6) is 0. The van der Waals surface area contributed by atoms with E-state index in [9.17, 15) is 0 Å². The summed E-state index contributed by atoms with van der Waals surface area (Å²) < 4.78 is 1.47. The van der Waals surface area contributed by atoms with E-state index in [1.54, 1.807) is 0 Å². The molecule has 0 atom stereocenters. The van der Waals surface area contributed by atoms with E-state index in [2.05, 4.69) is 27.7 Å². The van der Waals surface area contributed by atoms with Crippen LogP contribution in [0.25, 0.3) is 0 Å². The SMILES string of the molecule is CCCCCCCCCCCCCC[N+](CCCCCC)(CCCCCC)CCCCCC.[Cl-]. The maximum atomic E-state index is 2.35. The third kappa shape index (κ3) is 24.0. The van der Waals surface area contributed by atoms with Crippen LogP contribution in [-0.2, 0) is 0 Å². The molecule has 0 saturated heterocycles. The molecule has 0 bridgehead atoms. The average Bonchev–Trinajstić information content (AvgIpc) is 2.83. The minimum Gasteiger partial charge on any atom is -1.00 e. The number of rotatable bonds is 28. The summed E-state index contributed by atoms with van der Waals surface area (Å²) >= 11 is 0. The standard InChI is InChI=1S/C32H68N.ClH/c1-5-9-13-17-18-19-20-21-22-23-24-28-32-33(29-25-14-10-6-2,30-26-15-11-7-3)31-27-16-12-8-4;/h5-32H2,1-4H3;1H/q+1;/p-1. The van der Waals surface area contributed by atoms with Gasteiger partial charge in [-0.3, -0.25) is 0 Å². The Morgan fingerprint density at radius 1 is 0.265 bits per heavy atom. The van der Waals surface area contributed by atoms with Gasteiger partial charge in [0, 0.05) is 0 Å². The third-order valence-electron chi connectivity index (χ3n) is 7.94. The van der Waals surface area contributed by atoms with Crippen LogP contribution in [0.3, 0.4) is 0 Å². The summed E-state index contributed by atoms with van der Waals surface area (Å²) in [5.41, 5.74) is 0. The molecule has 34 heavy (non-hydrogen) atoms. The Labute approximate surface area is 224 Å². The van der Waals surface area contributed by atoms with E-state index in [0.717, 1.165) is 0 Å². The van der Waals surface area contributed by atoms with Gasteiger partial charge in [0.25, 0.3) is 0 Å². The zero-order valence-corrected chi connectivity index (χ0v) is 25.4. The molecular weight excluding hydrogens is 434 g/mol. The van der Waals surface area contributed by atoms with Crippen LogP contribution in [0.5, 0.6) is 0 Å². The van der Waals surface area contributed by atoms with Crippen molar-refractivity contribution in [1.29, 1.82) is 0 Å². The molecule has 0 rings (SSSR count). The Morgan fingerprint density at radius 2 is 0.441 bits per heavy atom. The average molecular weight is 502 g/mol. The predicted octanol–water partition coefficient (Wildman–Crippen LogP) is 8.25. The molecule has 0 saturated carbocycles. The van der Waals surface area contributed by atoms with Crippen molar-refractivity contribution in [2.75, 3.05) is 26.2 Å². The summed E-state index contributed by atoms with van der Waals surface area (Å²) in [6.45, 7) is 15.2. The highest BCUT2D eigenvalue weighted by Gasteiger charge is 2.25. The Morgan fingerprint density at radius 3 is 0.676 bits per heavy atom. The normalized spacial score (nSPS) is 11.6. The van der Waals surface area contributed by atoms with Gasteiger partial charge in [0.1, 0.15) is 0 Å². The van der Waals surface area contributed by atoms with Gasteiger partial charge in [-0.25, -0.2) is 0 Å². The molecule has 208 valence electrons. The molecule has 0 fully saturated rings. The second kappa shape index (κ2) is 29.5. The number of unbranched alkanes of at least 4 members (excludes halogenated alkanes) is 20. The Bertz CT molecular complexity index is 326. The van der Waals surface area contributed by atoms with Crippen molar-refractivity contribution in [3.8, 4) is 0 Å². The van der Waals surface area contributed by atoms with E-state index >= 15 is 0 Å². The van der Waals surface area contributed by atoms with E-state index < -0.39 is 0 Å². The zero-order valence-electron chi connectivity index (χ0n) is 24.6. The highest BCUT2D eigenvalue weighted by atomic mass is 35.5. The maximum absolute atomic E-state index is 2.35. The highest BCUT2D eigenvalue weighted by molar-refractivity contribution is 4.54. The lowest BCUT2D eigenvalue weighted by atomic mass is 10.0.